The zero-order valence-corrected chi connectivity index (χ0v) is 12.3. The third-order valence-electron chi connectivity index (χ3n) is 3.62. The molecule has 0 aromatic carbocycles. The van der Waals surface area contributed by atoms with Crippen LogP contribution in [-0.2, 0) is 11.2 Å². The highest BCUT2D eigenvalue weighted by molar-refractivity contribution is 7.09. The molecule has 3 nitrogen and oxygen atoms in total. The Kier molecular flexibility index (Phi) is 6.37. The van der Waals surface area contributed by atoms with Gasteiger partial charge in [-0.1, -0.05) is 12.5 Å². The van der Waals surface area contributed by atoms with E-state index in [1.165, 1.54) is 24.1 Å². The van der Waals surface area contributed by atoms with Crippen molar-refractivity contribution in [3.8, 4) is 0 Å². The molecule has 0 bridgehead atoms. The Morgan fingerprint density at radius 1 is 1.42 bits per heavy atom. The SMILES string of the molecule is O=C(CCCCCc1cccs1)NCC1CCCN1. The monoisotopic (exact) mass is 280 g/mol. The number of nitrogens with one attached hydrogen (secondary N) is 2. The van der Waals surface area contributed by atoms with Crippen LogP contribution in [0.1, 0.15) is 43.4 Å². The number of rotatable bonds is 8. The Labute approximate surface area is 119 Å². The molecule has 1 unspecified atom stereocenters. The molecule has 0 radical (unpaired) electrons. The van der Waals surface area contributed by atoms with Gasteiger partial charge in [0.05, 0.1) is 0 Å². The molecule has 2 N–H and O–H groups in total. The number of unbranched alkanes of at least 4 members (excludes halogenated alkanes) is 2. The molecule has 1 amide bonds. The van der Waals surface area contributed by atoms with Crippen LogP contribution >= 0.6 is 11.3 Å². The van der Waals surface area contributed by atoms with E-state index in [9.17, 15) is 4.79 Å². The van der Waals surface area contributed by atoms with E-state index < -0.39 is 0 Å². The predicted molar refractivity (Wildman–Crippen MR) is 80.5 cm³/mol. The van der Waals surface area contributed by atoms with E-state index >= 15 is 0 Å². The Bertz CT molecular complexity index is 358. The Morgan fingerprint density at radius 3 is 3.11 bits per heavy atom. The molecule has 1 aromatic rings. The second kappa shape index (κ2) is 8.33. The summed E-state index contributed by atoms with van der Waals surface area (Å²) in [5.74, 6) is 0.213. The Morgan fingerprint density at radius 2 is 2.37 bits per heavy atom. The zero-order chi connectivity index (χ0) is 13.3. The van der Waals surface area contributed by atoms with Crippen LogP contribution < -0.4 is 10.6 Å². The number of hydrogen-bond acceptors (Lipinski definition) is 3. The summed E-state index contributed by atoms with van der Waals surface area (Å²) in [6, 6.07) is 4.79. The van der Waals surface area contributed by atoms with Crippen molar-refractivity contribution in [2.24, 2.45) is 0 Å². The zero-order valence-electron chi connectivity index (χ0n) is 11.5. The second-order valence-electron chi connectivity index (χ2n) is 5.24. The first-order valence-electron chi connectivity index (χ1n) is 7.37. The van der Waals surface area contributed by atoms with Gasteiger partial charge in [-0.15, -0.1) is 11.3 Å². The van der Waals surface area contributed by atoms with Crippen molar-refractivity contribution in [1.29, 1.82) is 0 Å². The van der Waals surface area contributed by atoms with Gasteiger partial charge in [0.2, 0.25) is 5.91 Å². The molecule has 106 valence electrons. The smallest absolute Gasteiger partial charge is 0.220 e. The highest BCUT2D eigenvalue weighted by atomic mass is 32.1. The van der Waals surface area contributed by atoms with E-state index in [4.69, 9.17) is 0 Å². The lowest BCUT2D eigenvalue weighted by Crippen LogP contribution is -2.37. The maximum absolute atomic E-state index is 11.7. The lowest BCUT2D eigenvalue weighted by atomic mass is 10.1. The lowest BCUT2D eigenvalue weighted by molar-refractivity contribution is -0.121. The first kappa shape index (κ1) is 14.5. The molecule has 1 fully saturated rings. The molecule has 0 saturated carbocycles. The number of aryl methyl sites for hydroxylation is 1. The molecular weight excluding hydrogens is 256 g/mol. The van der Waals surface area contributed by atoms with Gasteiger partial charge in [-0.25, -0.2) is 0 Å². The third-order valence-corrected chi connectivity index (χ3v) is 4.55. The van der Waals surface area contributed by atoms with Crippen molar-refractivity contribution in [3.05, 3.63) is 22.4 Å². The van der Waals surface area contributed by atoms with Crippen molar-refractivity contribution < 1.29 is 4.79 Å². The van der Waals surface area contributed by atoms with Gasteiger partial charge in [0, 0.05) is 23.9 Å². The molecule has 0 aliphatic carbocycles. The molecule has 1 aliphatic rings. The van der Waals surface area contributed by atoms with Crippen LogP contribution in [0.2, 0.25) is 0 Å². The summed E-state index contributed by atoms with van der Waals surface area (Å²) >= 11 is 1.82. The number of thiophene rings is 1. The summed E-state index contributed by atoms with van der Waals surface area (Å²) in [7, 11) is 0. The summed E-state index contributed by atoms with van der Waals surface area (Å²) in [4.78, 5) is 13.1. The maximum Gasteiger partial charge on any atom is 0.220 e. The molecule has 1 aliphatic heterocycles. The van der Waals surface area contributed by atoms with Gasteiger partial charge in [0.1, 0.15) is 0 Å². The first-order chi connectivity index (χ1) is 9.34. The number of carbonyl (C=O) groups excluding carboxylic acids is 1. The molecule has 1 aromatic heterocycles. The summed E-state index contributed by atoms with van der Waals surface area (Å²) in [5.41, 5.74) is 0. The van der Waals surface area contributed by atoms with Crippen LogP contribution in [0.15, 0.2) is 17.5 Å². The van der Waals surface area contributed by atoms with Gasteiger partial charge in [-0.2, -0.15) is 0 Å². The van der Waals surface area contributed by atoms with Crippen LogP contribution in [0.25, 0.3) is 0 Å². The van der Waals surface area contributed by atoms with E-state index in [2.05, 4.69) is 28.1 Å². The molecule has 2 rings (SSSR count). The number of hydrogen-bond donors (Lipinski definition) is 2. The molecule has 1 saturated heterocycles. The van der Waals surface area contributed by atoms with Crippen molar-refractivity contribution >= 4 is 17.2 Å². The second-order valence-corrected chi connectivity index (χ2v) is 6.27. The van der Waals surface area contributed by atoms with Crippen LogP contribution in [0.3, 0.4) is 0 Å². The van der Waals surface area contributed by atoms with Crippen LogP contribution in [0.4, 0.5) is 0 Å². The fourth-order valence-electron chi connectivity index (χ4n) is 2.47. The van der Waals surface area contributed by atoms with Crippen molar-refractivity contribution in [3.63, 3.8) is 0 Å². The maximum atomic E-state index is 11.7. The molecule has 1 atom stereocenters. The van der Waals surface area contributed by atoms with Gasteiger partial charge in [0.25, 0.3) is 0 Å². The third kappa shape index (κ3) is 5.74. The average molecular weight is 280 g/mol. The lowest BCUT2D eigenvalue weighted by Gasteiger charge is -2.11. The van der Waals surface area contributed by atoms with Crippen molar-refractivity contribution in [1.82, 2.24) is 10.6 Å². The minimum Gasteiger partial charge on any atom is -0.355 e. The normalized spacial score (nSPS) is 18.6. The Balaban J connectivity index is 1.44. The minimum absolute atomic E-state index is 0.213. The average Bonchev–Trinajstić information content (AvgIpc) is 3.09. The highest BCUT2D eigenvalue weighted by Crippen LogP contribution is 2.13. The molecule has 2 heterocycles. The molecule has 19 heavy (non-hydrogen) atoms. The van der Waals surface area contributed by atoms with E-state index in [1.54, 1.807) is 0 Å². The van der Waals surface area contributed by atoms with E-state index in [0.29, 0.717) is 12.5 Å². The van der Waals surface area contributed by atoms with Gasteiger partial charge >= 0.3 is 0 Å². The quantitative estimate of drug-likeness (QED) is 0.719. The van der Waals surface area contributed by atoms with Gasteiger partial charge in [-0.3, -0.25) is 4.79 Å². The topological polar surface area (TPSA) is 41.1 Å². The summed E-state index contributed by atoms with van der Waals surface area (Å²) < 4.78 is 0. The predicted octanol–water partition coefficient (Wildman–Crippen LogP) is 2.72. The highest BCUT2D eigenvalue weighted by Gasteiger charge is 2.14. The fourth-order valence-corrected chi connectivity index (χ4v) is 3.22. The van der Waals surface area contributed by atoms with Gasteiger partial charge in [0.15, 0.2) is 0 Å². The summed E-state index contributed by atoms with van der Waals surface area (Å²) in [5, 5.41) is 8.54. The van der Waals surface area contributed by atoms with Crippen LogP contribution in [-0.4, -0.2) is 25.0 Å². The first-order valence-corrected chi connectivity index (χ1v) is 8.25. The minimum atomic E-state index is 0.213. The van der Waals surface area contributed by atoms with E-state index in [0.717, 1.165) is 32.4 Å². The number of carbonyl (C=O) groups is 1. The van der Waals surface area contributed by atoms with Gasteiger partial charge < -0.3 is 10.6 Å². The van der Waals surface area contributed by atoms with E-state index in [-0.39, 0.29) is 5.91 Å². The Hall–Kier alpha value is -0.870. The van der Waals surface area contributed by atoms with Crippen molar-refractivity contribution in [2.45, 2.75) is 51.0 Å². The summed E-state index contributed by atoms with van der Waals surface area (Å²) in [6.07, 6.45) is 7.62. The van der Waals surface area contributed by atoms with Gasteiger partial charge in [-0.05, 0) is 50.1 Å². The summed E-state index contributed by atoms with van der Waals surface area (Å²) in [6.45, 7) is 1.90. The van der Waals surface area contributed by atoms with Crippen LogP contribution in [0, 0.1) is 0 Å². The molecule has 4 heteroatoms. The van der Waals surface area contributed by atoms with E-state index in [1.807, 2.05) is 11.3 Å². The largest absolute Gasteiger partial charge is 0.355 e. The fraction of sp³-hybridized carbons (Fsp3) is 0.667. The van der Waals surface area contributed by atoms with Crippen LogP contribution in [0.5, 0.6) is 0 Å². The molecule has 0 spiro atoms. The number of amides is 1. The standard InChI is InChI=1S/C15H24N2OS/c18-15(17-12-13-6-4-10-16-13)9-3-1-2-7-14-8-5-11-19-14/h5,8,11,13,16H,1-4,6-7,9-10,12H2,(H,17,18). The molecular formula is C15H24N2OS. The van der Waals surface area contributed by atoms with Crippen molar-refractivity contribution in [2.75, 3.05) is 13.1 Å².